The first kappa shape index (κ1) is 16.6. The van der Waals surface area contributed by atoms with Crippen molar-refractivity contribution >= 4 is 16.5 Å². The lowest BCUT2D eigenvalue weighted by atomic mass is 10.1. The summed E-state index contributed by atoms with van der Waals surface area (Å²) in [6.07, 6.45) is 1.04. The van der Waals surface area contributed by atoms with Gasteiger partial charge in [0.15, 0.2) is 5.13 Å². The predicted octanol–water partition coefficient (Wildman–Crippen LogP) is 1.06. The fraction of sp³-hybridized carbons (Fsp3) is 0.235. The fourth-order valence-corrected chi connectivity index (χ4v) is 3.26. The third kappa shape index (κ3) is 3.34. The first-order valence-electron chi connectivity index (χ1n) is 7.07. The molecule has 0 saturated carbocycles. The zero-order chi connectivity index (χ0) is 14.8. The van der Waals surface area contributed by atoms with Crippen LogP contribution in [0.2, 0.25) is 0 Å². The van der Waals surface area contributed by atoms with Crippen molar-refractivity contribution < 1.29 is 12.4 Å². The lowest BCUT2D eigenvalue weighted by Crippen LogP contribution is -3.00. The van der Waals surface area contributed by atoms with E-state index in [-0.39, 0.29) is 12.4 Å². The number of nitrogens with two attached hydrogens (primary N) is 1. The van der Waals surface area contributed by atoms with Gasteiger partial charge >= 0.3 is 0 Å². The van der Waals surface area contributed by atoms with E-state index in [1.165, 1.54) is 33.9 Å². The Bertz CT molecular complexity index is 747. The Morgan fingerprint density at radius 1 is 1.18 bits per heavy atom. The maximum absolute atomic E-state index is 5.75. The molecule has 1 aromatic carbocycles. The van der Waals surface area contributed by atoms with Gasteiger partial charge in [0, 0.05) is 28.9 Å². The largest absolute Gasteiger partial charge is 1.00 e. The number of rotatable bonds is 4. The van der Waals surface area contributed by atoms with Crippen molar-refractivity contribution in [3.05, 3.63) is 58.7 Å². The van der Waals surface area contributed by atoms with E-state index in [4.69, 9.17) is 5.73 Å². The molecule has 0 saturated heterocycles. The summed E-state index contributed by atoms with van der Waals surface area (Å²) >= 11 is 1.49. The number of hydrogen-bond donors (Lipinski definition) is 1. The van der Waals surface area contributed by atoms with Crippen LogP contribution in [0.4, 0.5) is 5.13 Å². The summed E-state index contributed by atoms with van der Waals surface area (Å²) in [6.45, 7) is 5.29. The molecule has 0 unspecified atom stereocenters. The van der Waals surface area contributed by atoms with E-state index in [2.05, 4.69) is 59.8 Å². The average Bonchev–Trinajstić information content (AvgIpc) is 3.02. The van der Waals surface area contributed by atoms with Gasteiger partial charge in [-0.1, -0.05) is 30.3 Å². The number of anilines is 1. The SMILES string of the molecule is Cc1cc(-c2csc(N)n2)c(C)n1CCc1ccccc1.[Cl-]. The molecule has 3 aromatic rings. The Morgan fingerprint density at radius 2 is 1.91 bits per heavy atom. The van der Waals surface area contributed by atoms with Gasteiger partial charge in [0.05, 0.1) is 5.69 Å². The molecule has 2 heterocycles. The Balaban J connectivity index is 0.00000176. The quantitative estimate of drug-likeness (QED) is 0.776. The highest BCUT2D eigenvalue weighted by Crippen LogP contribution is 2.29. The maximum Gasteiger partial charge on any atom is 0.180 e. The Hall–Kier alpha value is -1.78. The van der Waals surface area contributed by atoms with Crippen molar-refractivity contribution in [3.8, 4) is 11.3 Å². The number of aryl methyl sites for hydroxylation is 2. The van der Waals surface area contributed by atoms with Crippen LogP contribution in [-0.2, 0) is 13.0 Å². The third-order valence-electron chi connectivity index (χ3n) is 3.84. The molecule has 3 rings (SSSR count). The Kier molecular flexibility index (Phi) is 5.27. The normalized spacial score (nSPS) is 10.5. The van der Waals surface area contributed by atoms with E-state index in [1.807, 2.05) is 5.38 Å². The monoisotopic (exact) mass is 332 g/mol. The first-order chi connectivity index (χ1) is 10.1. The van der Waals surface area contributed by atoms with E-state index >= 15 is 0 Å². The van der Waals surface area contributed by atoms with E-state index in [0.717, 1.165) is 18.7 Å². The molecule has 0 aliphatic rings. The fourth-order valence-electron chi connectivity index (χ4n) is 2.70. The molecule has 0 bridgehead atoms. The summed E-state index contributed by atoms with van der Waals surface area (Å²) in [7, 11) is 0. The molecule has 116 valence electrons. The minimum atomic E-state index is 0. The molecule has 2 aromatic heterocycles. The smallest absolute Gasteiger partial charge is 0.180 e. The minimum absolute atomic E-state index is 0. The summed E-state index contributed by atoms with van der Waals surface area (Å²) in [4.78, 5) is 4.40. The molecule has 2 N–H and O–H groups in total. The highest BCUT2D eigenvalue weighted by molar-refractivity contribution is 7.13. The summed E-state index contributed by atoms with van der Waals surface area (Å²) in [5, 5.41) is 2.65. The third-order valence-corrected chi connectivity index (χ3v) is 4.51. The van der Waals surface area contributed by atoms with Crippen LogP contribution in [0.3, 0.4) is 0 Å². The van der Waals surface area contributed by atoms with Crippen LogP contribution in [-0.4, -0.2) is 9.55 Å². The van der Waals surface area contributed by atoms with Gasteiger partial charge in [-0.25, -0.2) is 4.98 Å². The van der Waals surface area contributed by atoms with Crippen LogP contribution >= 0.6 is 11.3 Å². The van der Waals surface area contributed by atoms with Crippen molar-refractivity contribution in [2.24, 2.45) is 0 Å². The van der Waals surface area contributed by atoms with Crippen molar-refractivity contribution in [2.75, 3.05) is 5.73 Å². The van der Waals surface area contributed by atoms with Gasteiger partial charge in [-0.3, -0.25) is 0 Å². The molecule has 0 aliphatic carbocycles. The van der Waals surface area contributed by atoms with Gasteiger partial charge in [0.1, 0.15) is 0 Å². The van der Waals surface area contributed by atoms with E-state index < -0.39 is 0 Å². The minimum Gasteiger partial charge on any atom is -1.00 e. The summed E-state index contributed by atoms with van der Waals surface area (Å²) in [5.41, 5.74) is 11.8. The van der Waals surface area contributed by atoms with Crippen LogP contribution in [0.1, 0.15) is 17.0 Å². The summed E-state index contributed by atoms with van der Waals surface area (Å²) < 4.78 is 2.36. The number of nitrogen functional groups attached to an aromatic ring is 1. The standard InChI is InChI=1S/C17H19N3S.ClH/c1-12-10-15(16-11-21-17(18)19-16)13(2)20(12)9-8-14-6-4-3-5-7-14;/h3-7,10-11H,8-9H2,1-2H3,(H2,18,19);1H/p-1. The number of aromatic nitrogens is 2. The van der Waals surface area contributed by atoms with Gasteiger partial charge < -0.3 is 22.7 Å². The van der Waals surface area contributed by atoms with Gasteiger partial charge in [-0.2, -0.15) is 0 Å². The average molecular weight is 333 g/mol. The molecule has 0 fully saturated rings. The van der Waals surface area contributed by atoms with E-state index in [0.29, 0.717) is 5.13 Å². The summed E-state index contributed by atoms with van der Waals surface area (Å²) in [6, 6.07) is 12.8. The molecule has 0 aliphatic heterocycles. The predicted molar refractivity (Wildman–Crippen MR) is 89.6 cm³/mol. The first-order valence-corrected chi connectivity index (χ1v) is 7.95. The number of thiazole rings is 1. The van der Waals surface area contributed by atoms with Gasteiger partial charge in [0.2, 0.25) is 0 Å². The van der Waals surface area contributed by atoms with E-state index in [1.54, 1.807) is 0 Å². The topological polar surface area (TPSA) is 43.8 Å². The number of hydrogen-bond acceptors (Lipinski definition) is 3. The number of nitrogens with zero attached hydrogens (tertiary/aromatic N) is 2. The van der Waals surface area contributed by atoms with Crippen LogP contribution in [0, 0.1) is 13.8 Å². The van der Waals surface area contributed by atoms with Crippen LogP contribution < -0.4 is 18.1 Å². The lowest BCUT2D eigenvalue weighted by Gasteiger charge is -2.09. The molecule has 0 radical (unpaired) electrons. The second-order valence-corrected chi connectivity index (χ2v) is 6.13. The van der Waals surface area contributed by atoms with Gasteiger partial charge in [0.25, 0.3) is 0 Å². The Labute approximate surface area is 141 Å². The molecule has 3 nitrogen and oxygen atoms in total. The van der Waals surface area contributed by atoms with Gasteiger partial charge in [-0.05, 0) is 31.9 Å². The molecule has 22 heavy (non-hydrogen) atoms. The molecule has 5 heteroatoms. The van der Waals surface area contributed by atoms with Crippen molar-refractivity contribution in [1.82, 2.24) is 9.55 Å². The molecule has 0 spiro atoms. The van der Waals surface area contributed by atoms with E-state index in [9.17, 15) is 0 Å². The second-order valence-electron chi connectivity index (χ2n) is 5.24. The zero-order valence-corrected chi connectivity index (χ0v) is 14.3. The lowest BCUT2D eigenvalue weighted by molar-refractivity contribution is -0.00000445. The molecular weight excluding hydrogens is 314 g/mol. The second kappa shape index (κ2) is 6.99. The van der Waals surface area contributed by atoms with Crippen molar-refractivity contribution in [1.29, 1.82) is 0 Å². The molecule has 0 atom stereocenters. The summed E-state index contributed by atoms with van der Waals surface area (Å²) in [5.74, 6) is 0. The Morgan fingerprint density at radius 3 is 2.55 bits per heavy atom. The number of halogens is 1. The highest BCUT2D eigenvalue weighted by Gasteiger charge is 2.13. The zero-order valence-electron chi connectivity index (χ0n) is 12.7. The maximum atomic E-state index is 5.75. The van der Waals surface area contributed by atoms with Crippen molar-refractivity contribution in [3.63, 3.8) is 0 Å². The van der Waals surface area contributed by atoms with Crippen LogP contribution in [0.15, 0.2) is 41.8 Å². The van der Waals surface area contributed by atoms with Gasteiger partial charge in [-0.15, -0.1) is 11.3 Å². The highest BCUT2D eigenvalue weighted by atomic mass is 35.5. The molecular formula is C17H19ClN3S-. The van der Waals surface area contributed by atoms with Crippen molar-refractivity contribution in [2.45, 2.75) is 26.8 Å². The van der Waals surface area contributed by atoms with Crippen LogP contribution in [0.5, 0.6) is 0 Å². The van der Waals surface area contributed by atoms with Crippen LogP contribution in [0.25, 0.3) is 11.3 Å². The number of benzene rings is 1. The molecule has 0 amide bonds.